The highest BCUT2D eigenvalue weighted by Crippen LogP contribution is 2.14. The maximum absolute atomic E-state index is 10.8. The minimum Gasteiger partial charge on any atom is -0.373 e. The summed E-state index contributed by atoms with van der Waals surface area (Å²) in [4.78, 5) is 10.8. The molecule has 0 aliphatic heterocycles. The van der Waals surface area contributed by atoms with E-state index in [1.807, 2.05) is 42.5 Å². The molecule has 0 saturated heterocycles. The Bertz CT molecular complexity index is 534. The predicted molar refractivity (Wildman–Crippen MR) is 80.6 cm³/mol. The molecular weight excluding hydrogens is 248 g/mol. The zero-order valence-electron chi connectivity index (χ0n) is 11.8. The normalized spacial score (nSPS) is 12.1. The van der Waals surface area contributed by atoms with E-state index >= 15 is 0 Å². The number of hydrogen-bond acceptors (Lipinski definition) is 2. The molecule has 0 heterocycles. The summed E-state index contributed by atoms with van der Waals surface area (Å²) in [6.07, 6.45) is 2.08. The van der Waals surface area contributed by atoms with Gasteiger partial charge in [0.1, 0.15) is 6.29 Å². The van der Waals surface area contributed by atoms with Crippen LogP contribution in [0.4, 0.5) is 0 Å². The molecule has 2 aromatic rings. The first-order valence-corrected chi connectivity index (χ1v) is 6.93. The minimum absolute atomic E-state index is 0.0613. The second-order valence-electron chi connectivity index (χ2n) is 4.95. The lowest BCUT2D eigenvalue weighted by molar-refractivity contribution is -0.110. The lowest BCUT2D eigenvalue weighted by Crippen LogP contribution is -2.17. The molecule has 0 amide bonds. The highest BCUT2D eigenvalue weighted by Gasteiger charge is 2.11. The molecule has 2 heteroatoms. The third kappa shape index (κ3) is 4.32. The van der Waals surface area contributed by atoms with E-state index in [1.165, 1.54) is 11.1 Å². The van der Waals surface area contributed by atoms with Gasteiger partial charge in [-0.05, 0) is 30.0 Å². The van der Waals surface area contributed by atoms with Crippen molar-refractivity contribution in [1.82, 2.24) is 0 Å². The number of carbonyl (C=O) groups excluding carboxylic acids is 1. The molecule has 1 unspecified atom stereocenters. The molecule has 1 atom stereocenters. The zero-order valence-corrected chi connectivity index (χ0v) is 11.8. The van der Waals surface area contributed by atoms with Crippen molar-refractivity contribution in [1.29, 1.82) is 0 Å². The number of carbonyl (C=O) groups is 1. The van der Waals surface area contributed by atoms with E-state index in [1.54, 1.807) is 0 Å². The van der Waals surface area contributed by atoms with Crippen LogP contribution in [0.5, 0.6) is 0 Å². The van der Waals surface area contributed by atoms with E-state index in [0.29, 0.717) is 13.0 Å². The third-order valence-electron chi connectivity index (χ3n) is 3.40. The van der Waals surface area contributed by atoms with Gasteiger partial charge in [0.15, 0.2) is 0 Å². The van der Waals surface area contributed by atoms with E-state index in [9.17, 15) is 4.79 Å². The second-order valence-corrected chi connectivity index (χ2v) is 4.95. The first-order chi connectivity index (χ1) is 9.79. The van der Waals surface area contributed by atoms with Crippen LogP contribution in [0.1, 0.15) is 23.1 Å². The number of aldehydes is 1. The lowest BCUT2D eigenvalue weighted by atomic mass is 10.0. The molecule has 0 fully saturated rings. The van der Waals surface area contributed by atoms with Crippen molar-refractivity contribution in [2.45, 2.75) is 32.5 Å². The van der Waals surface area contributed by atoms with E-state index in [2.05, 4.69) is 19.1 Å². The van der Waals surface area contributed by atoms with Crippen LogP contribution in [0.25, 0.3) is 0 Å². The Morgan fingerprint density at radius 3 is 2.45 bits per heavy atom. The van der Waals surface area contributed by atoms with Gasteiger partial charge in [-0.1, -0.05) is 54.6 Å². The molecule has 0 spiro atoms. The van der Waals surface area contributed by atoms with Crippen LogP contribution in [0, 0.1) is 6.92 Å². The molecule has 0 aliphatic carbocycles. The molecule has 0 aromatic heterocycles. The topological polar surface area (TPSA) is 26.3 Å². The van der Waals surface area contributed by atoms with Crippen LogP contribution in [0.3, 0.4) is 0 Å². The predicted octanol–water partition coefficient (Wildman–Crippen LogP) is 3.71. The Kier molecular flexibility index (Phi) is 5.51. The van der Waals surface area contributed by atoms with Crippen molar-refractivity contribution in [2.24, 2.45) is 0 Å². The highest BCUT2D eigenvalue weighted by atomic mass is 16.5. The molecule has 2 nitrogen and oxygen atoms in total. The van der Waals surface area contributed by atoms with Gasteiger partial charge < -0.3 is 9.53 Å². The average Bonchev–Trinajstić information content (AvgIpc) is 2.48. The molecule has 0 aliphatic rings. The van der Waals surface area contributed by atoms with E-state index in [0.717, 1.165) is 18.3 Å². The molecule has 0 N–H and O–H groups in total. The van der Waals surface area contributed by atoms with Gasteiger partial charge in [-0.15, -0.1) is 0 Å². The standard InChI is InChI=1S/C18H20O2/c1-15-7-5-6-10-17(15)13-18(11-12-19)20-14-16-8-3-2-4-9-16/h2-10,12,18H,11,13-14H2,1H3. The molecule has 20 heavy (non-hydrogen) atoms. The zero-order chi connectivity index (χ0) is 14.2. The Labute approximate surface area is 120 Å². The van der Waals surface area contributed by atoms with Gasteiger partial charge in [0.2, 0.25) is 0 Å². The summed E-state index contributed by atoms with van der Waals surface area (Å²) in [5, 5.41) is 0. The summed E-state index contributed by atoms with van der Waals surface area (Å²) >= 11 is 0. The summed E-state index contributed by atoms with van der Waals surface area (Å²) in [7, 11) is 0. The van der Waals surface area contributed by atoms with Gasteiger partial charge in [-0.25, -0.2) is 0 Å². The monoisotopic (exact) mass is 268 g/mol. The van der Waals surface area contributed by atoms with Gasteiger partial charge in [0.25, 0.3) is 0 Å². The molecular formula is C18H20O2. The summed E-state index contributed by atoms with van der Waals surface area (Å²) in [5.74, 6) is 0. The molecule has 0 radical (unpaired) electrons. The number of benzene rings is 2. The molecule has 104 valence electrons. The summed E-state index contributed by atoms with van der Waals surface area (Å²) < 4.78 is 5.90. The Morgan fingerprint density at radius 2 is 1.75 bits per heavy atom. The molecule has 0 saturated carbocycles. The lowest BCUT2D eigenvalue weighted by Gasteiger charge is -2.17. The quantitative estimate of drug-likeness (QED) is 0.715. The summed E-state index contributed by atoms with van der Waals surface area (Å²) in [5.41, 5.74) is 3.62. The SMILES string of the molecule is Cc1ccccc1CC(CC=O)OCc1ccccc1. The van der Waals surface area contributed by atoms with Gasteiger partial charge >= 0.3 is 0 Å². The summed E-state index contributed by atoms with van der Waals surface area (Å²) in [6, 6.07) is 18.3. The average molecular weight is 268 g/mol. The Hall–Kier alpha value is -1.93. The maximum Gasteiger partial charge on any atom is 0.122 e. The molecule has 0 bridgehead atoms. The third-order valence-corrected chi connectivity index (χ3v) is 3.40. The van der Waals surface area contributed by atoms with Crippen LogP contribution in [-0.2, 0) is 22.6 Å². The number of rotatable bonds is 7. The first-order valence-electron chi connectivity index (χ1n) is 6.93. The fraction of sp³-hybridized carbons (Fsp3) is 0.278. The maximum atomic E-state index is 10.8. The fourth-order valence-corrected chi connectivity index (χ4v) is 2.19. The van der Waals surface area contributed by atoms with Crippen molar-refractivity contribution in [3.8, 4) is 0 Å². The Morgan fingerprint density at radius 1 is 1.05 bits per heavy atom. The van der Waals surface area contributed by atoms with Crippen molar-refractivity contribution in [3.63, 3.8) is 0 Å². The van der Waals surface area contributed by atoms with Crippen LogP contribution < -0.4 is 0 Å². The van der Waals surface area contributed by atoms with E-state index in [4.69, 9.17) is 4.74 Å². The van der Waals surface area contributed by atoms with Crippen LogP contribution in [0.2, 0.25) is 0 Å². The Balaban J connectivity index is 1.97. The van der Waals surface area contributed by atoms with Crippen molar-refractivity contribution in [2.75, 3.05) is 0 Å². The van der Waals surface area contributed by atoms with Crippen LogP contribution >= 0.6 is 0 Å². The highest BCUT2D eigenvalue weighted by molar-refractivity contribution is 5.50. The molecule has 2 rings (SSSR count). The number of ether oxygens (including phenoxy) is 1. The van der Waals surface area contributed by atoms with Gasteiger partial charge in [-0.3, -0.25) is 0 Å². The van der Waals surface area contributed by atoms with Crippen LogP contribution in [0.15, 0.2) is 54.6 Å². The first kappa shape index (κ1) is 14.5. The minimum atomic E-state index is -0.0613. The summed E-state index contributed by atoms with van der Waals surface area (Å²) in [6.45, 7) is 2.63. The van der Waals surface area contributed by atoms with Crippen LogP contribution in [-0.4, -0.2) is 12.4 Å². The number of aryl methyl sites for hydroxylation is 1. The van der Waals surface area contributed by atoms with E-state index in [-0.39, 0.29) is 6.10 Å². The van der Waals surface area contributed by atoms with Gasteiger partial charge in [0, 0.05) is 6.42 Å². The number of hydrogen-bond donors (Lipinski definition) is 0. The van der Waals surface area contributed by atoms with Gasteiger partial charge in [0.05, 0.1) is 12.7 Å². The largest absolute Gasteiger partial charge is 0.373 e. The van der Waals surface area contributed by atoms with Crippen molar-refractivity contribution in [3.05, 3.63) is 71.3 Å². The van der Waals surface area contributed by atoms with Gasteiger partial charge in [-0.2, -0.15) is 0 Å². The van der Waals surface area contributed by atoms with Crippen molar-refractivity contribution < 1.29 is 9.53 Å². The smallest absolute Gasteiger partial charge is 0.122 e. The molecule has 2 aromatic carbocycles. The van der Waals surface area contributed by atoms with Crippen molar-refractivity contribution >= 4 is 6.29 Å². The second kappa shape index (κ2) is 7.61. The fourth-order valence-electron chi connectivity index (χ4n) is 2.19. The van der Waals surface area contributed by atoms with E-state index < -0.39 is 0 Å².